The molecule has 0 spiro atoms. The van der Waals surface area contributed by atoms with Gasteiger partial charge in [0, 0.05) is 25.7 Å². The van der Waals surface area contributed by atoms with Crippen molar-refractivity contribution >= 4 is 23.1 Å². The zero-order valence-electron chi connectivity index (χ0n) is 19.0. The third-order valence-corrected chi connectivity index (χ3v) is 7.62. The zero-order chi connectivity index (χ0) is 21.9. The van der Waals surface area contributed by atoms with Gasteiger partial charge in [0.1, 0.15) is 0 Å². The number of urea groups is 1. The molecule has 2 aromatic heterocycles. The number of nitrogens with one attached hydrogen (secondary N) is 1. The van der Waals surface area contributed by atoms with Crippen LogP contribution in [0.25, 0.3) is 5.52 Å². The second-order valence-electron chi connectivity index (χ2n) is 9.96. The number of carbonyl (C=O) groups excluding carboxylic acids is 2. The van der Waals surface area contributed by atoms with E-state index in [4.69, 9.17) is 0 Å². The van der Waals surface area contributed by atoms with Crippen LogP contribution in [0.5, 0.6) is 0 Å². The van der Waals surface area contributed by atoms with Crippen LogP contribution in [0.1, 0.15) is 63.4 Å². The summed E-state index contributed by atoms with van der Waals surface area (Å²) in [6.45, 7) is 4.18. The Bertz CT molecular complexity index is 964. The van der Waals surface area contributed by atoms with Gasteiger partial charge in [-0.05, 0) is 81.1 Å². The normalized spacial score (nSPS) is 24.0. The van der Waals surface area contributed by atoms with Crippen molar-refractivity contribution < 1.29 is 9.59 Å². The standard InChI is InChI=1S/C25H35N5O2/c31-24-10-13-29(25(32)27-24)23-17-26-30-14-9-21(16-22(23)30)15-19-7-4-11-28(12-8-19)18-20-5-2-1-3-6-20/h9,14,16-17,19-20H,1-8,10-13,15,18H2,(H,27,31,32). The fourth-order valence-electron chi connectivity index (χ4n) is 5.82. The van der Waals surface area contributed by atoms with E-state index >= 15 is 0 Å². The molecule has 3 aliphatic rings. The number of rotatable bonds is 5. The van der Waals surface area contributed by atoms with Gasteiger partial charge in [-0.25, -0.2) is 9.31 Å². The van der Waals surface area contributed by atoms with Crippen molar-refractivity contribution in [1.82, 2.24) is 19.8 Å². The monoisotopic (exact) mass is 437 g/mol. The highest BCUT2D eigenvalue weighted by Crippen LogP contribution is 2.29. The third kappa shape index (κ3) is 4.82. The number of fused-ring (bicyclic) bond motifs is 1. The van der Waals surface area contributed by atoms with Crippen LogP contribution in [0.3, 0.4) is 0 Å². The van der Waals surface area contributed by atoms with Gasteiger partial charge in [-0.3, -0.25) is 15.0 Å². The van der Waals surface area contributed by atoms with Gasteiger partial charge in [0.2, 0.25) is 5.91 Å². The lowest BCUT2D eigenvalue weighted by atomic mass is 9.89. The lowest BCUT2D eigenvalue weighted by Gasteiger charge is -2.28. The molecule has 0 aromatic carbocycles. The van der Waals surface area contributed by atoms with Gasteiger partial charge in [-0.2, -0.15) is 5.10 Å². The molecule has 0 radical (unpaired) electrons. The number of hydrogen-bond acceptors (Lipinski definition) is 4. The number of amides is 3. The van der Waals surface area contributed by atoms with E-state index in [0.29, 0.717) is 18.9 Å². The van der Waals surface area contributed by atoms with Crippen LogP contribution in [0, 0.1) is 11.8 Å². The summed E-state index contributed by atoms with van der Waals surface area (Å²) in [6, 6.07) is 3.98. The molecular weight excluding hydrogens is 402 g/mol. The van der Waals surface area contributed by atoms with Crippen LogP contribution < -0.4 is 10.2 Å². The summed E-state index contributed by atoms with van der Waals surface area (Å²) < 4.78 is 1.82. The van der Waals surface area contributed by atoms with Crippen LogP contribution in [0.4, 0.5) is 10.5 Å². The molecule has 3 amide bonds. The Kier molecular flexibility index (Phi) is 6.44. The SMILES string of the molecule is O=C1CCN(c2cnn3ccc(CC4CCCN(CC5CCCCC5)CC4)cc23)C(=O)N1. The summed E-state index contributed by atoms with van der Waals surface area (Å²) >= 11 is 0. The zero-order valence-corrected chi connectivity index (χ0v) is 19.0. The van der Waals surface area contributed by atoms with E-state index in [2.05, 4.69) is 27.4 Å². The first-order valence-corrected chi connectivity index (χ1v) is 12.5. The van der Waals surface area contributed by atoms with Crippen molar-refractivity contribution in [3.05, 3.63) is 30.1 Å². The fourth-order valence-corrected chi connectivity index (χ4v) is 5.82. The Morgan fingerprint density at radius 1 is 0.969 bits per heavy atom. The molecule has 1 saturated carbocycles. The number of pyridine rings is 1. The molecule has 4 heterocycles. The molecule has 1 N–H and O–H groups in total. The number of hydrogen-bond donors (Lipinski definition) is 1. The second-order valence-corrected chi connectivity index (χ2v) is 9.96. The van der Waals surface area contributed by atoms with Crippen molar-refractivity contribution in [1.29, 1.82) is 0 Å². The maximum absolute atomic E-state index is 12.3. The lowest BCUT2D eigenvalue weighted by molar-refractivity contribution is -0.120. The molecule has 7 nitrogen and oxygen atoms in total. The maximum Gasteiger partial charge on any atom is 0.328 e. The fraction of sp³-hybridized carbons (Fsp3) is 0.640. The van der Waals surface area contributed by atoms with Crippen LogP contribution in [-0.4, -0.2) is 52.6 Å². The predicted molar refractivity (Wildman–Crippen MR) is 125 cm³/mol. The Balaban J connectivity index is 1.23. The molecule has 1 aliphatic carbocycles. The van der Waals surface area contributed by atoms with E-state index < -0.39 is 0 Å². The summed E-state index contributed by atoms with van der Waals surface area (Å²) in [5, 5.41) is 6.83. The van der Waals surface area contributed by atoms with Gasteiger partial charge in [0.15, 0.2) is 0 Å². The molecule has 7 heteroatoms. The maximum atomic E-state index is 12.3. The number of carbonyl (C=O) groups is 2. The molecule has 32 heavy (non-hydrogen) atoms. The number of likely N-dealkylation sites (tertiary alicyclic amines) is 1. The highest BCUT2D eigenvalue weighted by atomic mass is 16.2. The molecule has 3 fully saturated rings. The Labute approximate surface area is 190 Å². The summed E-state index contributed by atoms with van der Waals surface area (Å²) in [5.74, 6) is 1.41. The van der Waals surface area contributed by atoms with E-state index in [1.807, 2.05) is 10.7 Å². The average molecular weight is 438 g/mol. The molecule has 2 aliphatic heterocycles. The quantitative estimate of drug-likeness (QED) is 0.767. The van der Waals surface area contributed by atoms with Crippen molar-refractivity contribution in [3.63, 3.8) is 0 Å². The molecule has 5 rings (SSSR count). The molecule has 0 bridgehead atoms. The van der Waals surface area contributed by atoms with Gasteiger partial charge in [0.25, 0.3) is 0 Å². The van der Waals surface area contributed by atoms with E-state index in [-0.39, 0.29) is 11.9 Å². The largest absolute Gasteiger partial charge is 0.328 e. The van der Waals surface area contributed by atoms with Crippen LogP contribution in [-0.2, 0) is 11.2 Å². The van der Waals surface area contributed by atoms with Crippen LogP contribution in [0.2, 0.25) is 0 Å². The van der Waals surface area contributed by atoms with E-state index in [0.717, 1.165) is 23.5 Å². The van der Waals surface area contributed by atoms with E-state index in [1.54, 1.807) is 11.1 Å². The summed E-state index contributed by atoms with van der Waals surface area (Å²) in [5.41, 5.74) is 3.01. The molecule has 2 saturated heterocycles. The first kappa shape index (κ1) is 21.4. The van der Waals surface area contributed by atoms with E-state index in [1.165, 1.54) is 76.6 Å². The summed E-state index contributed by atoms with van der Waals surface area (Å²) in [6.07, 6.45) is 16.1. The Morgan fingerprint density at radius 3 is 2.66 bits per heavy atom. The molecular formula is C25H35N5O2. The molecule has 2 aromatic rings. The number of aromatic nitrogens is 2. The Hall–Kier alpha value is -2.41. The van der Waals surface area contributed by atoms with Crippen molar-refractivity contribution in [2.24, 2.45) is 11.8 Å². The van der Waals surface area contributed by atoms with Gasteiger partial charge >= 0.3 is 6.03 Å². The highest BCUT2D eigenvalue weighted by Gasteiger charge is 2.27. The van der Waals surface area contributed by atoms with Crippen molar-refractivity contribution in [2.45, 2.75) is 64.2 Å². The number of anilines is 1. The number of imide groups is 1. The smallest absolute Gasteiger partial charge is 0.303 e. The first-order chi connectivity index (χ1) is 15.7. The van der Waals surface area contributed by atoms with Crippen molar-refractivity contribution in [3.8, 4) is 0 Å². The second kappa shape index (κ2) is 9.61. The van der Waals surface area contributed by atoms with E-state index in [9.17, 15) is 9.59 Å². The van der Waals surface area contributed by atoms with Gasteiger partial charge in [-0.15, -0.1) is 0 Å². The predicted octanol–water partition coefficient (Wildman–Crippen LogP) is 4.01. The topological polar surface area (TPSA) is 70.0 Å². The Morgan fingerprint density at radius 2 is 1.81 bits per heavy atom. The van der Waals surface area contributed by atoms with Crippen LogP contribution in [0.15, 0.2) is 24.5 Å². The number of nitrogens with zero attached hydrogens (tertiary/aromatic N) is 4. The van der Waals surface area contributed by atoms with Crippen molar-refractivity contribution in [2.75, 3.05) is 31.1 Å². The van der Waals surface area contributed by atoms with Gasteiger partial charge in [-0.1, -0.05) is 19.3 Å². The minimum absolute atomic E-state index is 0.214. The van der Waals surface area contributed by atoms with Gasteiger partial charge in [0.05, 0.1) is 17.4 Å². The van der Waals surface area contributed by atoms with Gasteiger partial charge < -0.3 is 4.90 Å². The molecule has 1 unspecified atom stereocenters. The summed E-state index contributed by atoms with van der Waals surface area (Å²) in [7, 11) is 0. The highest BCUT2D eigenvalue weighted by molar-refractivity contribution is 6.07. The summed E-state index contributed by atoms with van der Waals surface area (Å²) in [4.78, 5) is 28.2. The third-order valence-electron chi connectivity index (χ3n) is 7.62. The molecule has 172 valence electrons. The average Bonchev–Trinajstić information content (AvgIpc) is 3.08. The first-order valence-electron chi connectivity index (χ1n) is 12.5. The van der Waals surface area contributed by atoms with Crippen LogP contribution >= 0.6 is 0 Å². The molecule has 1 atom stereocenters. The minimum Gasteiger partial charge on any atom is -0.303 e. The lowest BCUT2D eigenvalue weighted by Crippen LogP contribution is -2.49. The minimum atomic E-state index is -0.358.